The molecule has 1 aromatic carbocycles. The first-order chi connectivity index (χ1) is 9.97. The Hall–Kier alpha value is -1.79. The molecule has 0 aromatic heterocycles. The summed E-state index contributed by atoms with van der Waals surface area (Å²) in [5, 5.41) is 14.3. The second-order valence-electron chi connectivity index (χ2n) is 4.41. The van der Waals surface area contributed by atoms with Gasteiger partial charge in [0.05, 0.1) is 10.6 Å². The predicted molar refractivity (Wildman–Crippen MR) is 83.2 cm³/mol. The van der Waals surface area contributed by atoms with E-state index in [9.17, 15) is 9.59 Å². The largest absolute Gasteiger partial charge is 0.478 e. The van der Waals surface area contributed by atoms with E-state index in [1.165, 1.54) is 18.2 Å². The highest BCUT2D eigenvalue weighted by molar-refractivity contribution is 6.33. The zero-order chi connectivity index (χ0) is 15.8. The van der Waals surface area contributed by atoms with Gasteiger partial charge in [-0.3, -0.25) is 0 Å². The number of carboxylic acid groups (broad SMARTS) is 1. The van der Waals surface area contributed by atoms with Crippen molar-refractivity contribution in [1.82, 2.24) is 10.2 Å². The SMILES string of the molecule is CCN(CC)CCNC(=O)Nc1ccc(C(=O)O)c(Cl)c1. The van der Waals surface area contributed by atoms with E-state index in [1.54, 1.807) is 0 Å². The second-order valence-corrected chi connectivity index (χ2v) is 4.81. The number of carbonyl (C=O) groups excluding carboxylic acids is 1. The van der Waals surface area contributed by atoms with Crippen molar-refractivity contribution < 1.29 is 14.7 Å². The fourth-order valence-electron chi connectivity index (χ4n) is 1.81. The smallest absolute Gasteiger partial charge is 0.337 e. The standard InChI is InChI=1S/C14H20ClN3O3/c1-3-18(4-2)8-7-16-14(21)17-10-5-6-11(13(19)20)12(15)9-10/h5-6,9H,3-4,7-8H2,1-2H3,(H,19,20)(H2,16,17,21). The third-order valence-electron chi connectivity index (χ3n) is 3.07. The lowest BCUT2D eigenvalue weighted by atomic mass is 10.2. The van der Waals surface area contributed by atoms with E-state index in [-0.39, 0.29) is 16.6 Å². The number of hydrogen-bond donors (Lipinski definition) is 3. The van der Waals surface area contributed by atoms with Crippen LogP contribution in [0, 0.1) is 0 Å². The molecule has 0 aliphatic carbocycles. The normalized spacial score (nSPS) is 10.5. The molecule has 6 nitrogen and oxygen atoms in total. The minimum Gasteiger partial charge on any atom is -0.478 e. The third kappa shape index (κ3) is 5.61. The first-order valence-corrected chi connectivity index (χ1v) is 7.15. The average Bonchev–Trinajstić information content (AvgIpc) is 2.43. The molecular formula is C14H20ClN3O3. The summed E-state index contributed by atoms with van der Waals surface area (Å²) in [7, 11) is 0. The summed E-state index contributed by atoms with van der Waals surface area (Å²) in [4.78, 5) is 24.7. The highest BCUT2D eigenvalue weighted by Crippen LogP contribution is 2.20. The summed E-state index contributed by atoms with van der Waals surface area (Å²) in [6.45, 7) is 7.32. The van der Waals surface area contributed by atoms with E-state index in [2.05, 4.69) is 29.4 Å². The van der Waals surface area contributed by atoms with Gasteiger partial charge in [-0.1, -0.05) is 25.4 Å². The van der Waals surface area contributed by atoms with Crippen LogP contribution in [-0.4, -0.2) is 48.2 Å². The van der Waals surface area contributed by atoms with Gasteiger partial charge in [-0.15, -0.1) is 0 Å². The zero-order valence-electron chi connectivity index (χ0n) is 12.1. The van der Waals surface area contributed by atoms with Crippen molar-refractivity contribution in [2.45, 2.75) is 13.8 Å². The van der Waals surface area contributed by atoms with Crippen LogP contribution in [0.1, 0.15) is 24.2 Å². The third-order valence-corrected chi connectivity index (χ3v) is 3.38. The monoisotopic (exact) mass is 313 g/mol. The Morgan fingerprint density at radius 2 is 1.95 bits per heavy atom. The van der Waals surface area contributed by atoms with Crippen molar-refractivity contribution >= 4 is 29.3 Å². The number of halogens is 1. The molecule has 0 bridgehead atoms. The first-order valence-electron chi connectivity index (χ1n) is 6.78. The Balaban J connectivity index is 2.48. The number of likely N-dealkylation sites (N-methyl/N-ethyl adjacent to an activating group) is 1. The van der Waals surface area contributed by atoms with E-state index in [1.807, 2.05) is 0 Å². The van der Waals surface area contributed by atoms with Crippen molar-refractivity contribution in [3.8, 4) is 0 Å². The van der Waals surface area contributed by atoms with E-state index in [0.717, 1.165) is 19.6 Å². The van der Waals surface area contributed by atoms with Crippen molar-refractivity contribution in [2.24, 2.45) is 0 Å². The van der Waals surface area contributed by atoms with Gasteiger partial charge in [0, 0.05) is 18.8 Å². The van der Waals surface area contributed by atoms with Gasteiger partial charge in [0.25, 0.3) is 0 Å². The maximum Gasteiger partial charge on any atom is 0.337 e. The molecule has 0 saturated carbocycles. The Kier molecular flexibility index (Phi) is 6.98. The molecule has 0 heterocycles. The van der Waals surface area contributed by atoms with Gasteiger partial charge in [-0.05, 0) is 31.3 Å². The van der Waals surface area contributed by atoms with Crippen molar-refractivity contribution in [2.75, 3.05) is 31.5 Å². The number of anilines is 1. The zero-order valence-corrected chi connectivity index (χ0v) is 12.9. The van der Waals surface area contributed by atoms with Gasteiger partial charge in [0.2, 0.25) is 0 Å². The molecule has 1 rings (SSSR count). The molecule has 3 N–H and O–H groups in total. The fraction of sp³-hybridized carbons (Fsp3) is 0.429. The highest BCUT2D eigenvalue weighted by atomic mass is 35.5. The van der Waals surface area contributed by atoms with Gasteiger partial charge in [-0.25, -0.2) is 9.59 Å². The number of nitrogens with zero attached hydrogens (tertiary/aromatic N) is 1. The molecule has 0 spiro atoms. The number of urea groups is 1. The van der Waals surface area contributed by atoms with Crippen LogP contribution in [0.3, 0.4) is 0 Å². The number of benzene rings is 1. The average molecular weight is 314 g/mol. The Morgan fingerprint density at radius 1 is 1.29 bits per heavy atom. The quantitative estimate of drug-likeness (QED) is 0.722. The number of carbonyl (C=O) groups is 2. The number of carboxylic acids is 1. The predicted octanol–water partition coefficient (Wildman–Crippen LogP) is 2.50. The second kappa shape index (κ2) is 8.49. The number of rotatable bonds is 7. The van der Waals surface area contributed by atoms with Crippen LogP contribution in [-0.2, 0) is 0 Å². The van der Waals surface area contributed by atoms with E-state index >= 15 is 0 Å². The molecule has 0 aliphatic rings. The van der Waals surface area contributed by atoms with Crippen molar-refractivity contribution in [3.05, 3.63) is 28.8 Å². The minimum absolute atomic E-state index is 0.00385. The summed E-state index contributed by atoms with van der Waals surface area (Å²) in [6.07, 6.45) is 0. The number of aromatic carboxylic acids is 1. The van der Waals surface area contributed by atoms with E-state index < -0.39 is 5.97 Å². The Bertz CT molecular complexity index is 504. The molecular weight excluding hydrogens is 294 g/mol. The lowest BCUT2D eigenvalue weighted by Crippen LogP contribution is -2.36. The molecule has 2 amide bonds. The van der Waals surface area contributed by atoms with Crippen LogP contribution in [0.25, 0.3) is 0 Å². The minimum atomic E-state index is -1.10. The van der Waals surface area contributed by atoms with Gasteiger partial charge in [-0.2, -0.15) is 0 Å². The van der Waals surface area contributed by atoms with Crippen LogP contribution in [0.5, 0.6) is 0 Å². The number of nitrogens with one attached hydrogen (secondary N) is 2. The van der Waals surface area contributed by atoms with Gasteiger partial charge >= 0.3 is 12.0 Å². The van der Waals surface area contributed by atoms with Gasteiger partial charge in [0.15, 0.2) is 0 Å². The summed E-state index contributed by atoms with van der Waals surface area (Å²) >= 11 is 5.83. The van der Waals surface area contributed by atoms with Crippen molar-refractivity contribution in [1.29, 1.82) is 0 Å². The van der Waals surface area contributed by atoms with Crippen LogP contribution >= 0.6 is 11.6 Å². The molecule has 7 heteroatoms. The van der Waals surface area contributed by atoms with Crippen LogP contribution < -0.4 is 10.6 Å². The Labute approximate surface area is 129 Å². The molecule has 0 unspecified atom stereocenters. The lowest BCUT2D eigenvalue weighted by Gasteiger charge is -2.18. The summed E-state index contributed by atoms with van der Waals surface area (Å²) in [5.41, 5.74) is 0.453. The Morgan fingerprint density at radius 3 is 2.48 bits per heavy atom. The van der Waals surface area contributed by atoms with E-state index in [0.29, 0.717) is 12.2 Å². The van der Waals surface area contributed by atoms with Gasteiger partial charge < -0.3 is 20.6 Å². The molecule has 0 saturated heterocycles. The number of hydrogen-bond acceptors (Lipinski definition) is 3. The maximum absolute atomic E-state index is 11.7. The van der Waals surface area contributed by atoms with Crippen LogP contribution in [0.15, 0.2) is 18.2 Å². The first kappa shape index (κ1) is 17.3. The molecule has 0 atom stereocenters. The summed E-state index contributed by atoms with van der Waals surface area (Å²) in [5.74, 6) is -1.10. The number of amides is 2. The summed E-state index contributed by atoms with van der Waals surface area (Å²) in [6, 6.07) is 3.92. The van der Waals surface area contributed by atoms with Crippen molar-refractivity contribution in [3.63, 3.8) is 0 Å². The van der Waals surface area contributed by atoms with Crippen LogP contribution in [0.4, 0.5) is 10.5 Å². The molecule has 21 heavy (non-hydrogen) atoms. The molecule has 0 radical (unpaired) electrons. The molecule has 0 aliphatic heterocycles. The lowest BCUT2D eigenvalue weighted by molar-refractivity contribution is 0.0697. The van der Waals surface area contributed by atoms with Crippen LogP contribution in [0.2, 0.25) is 5.02 Å². The highest BCUT2D eigenvalue weighted by Gasteiger charge is 2.10. The topological polar surface area (TPSA) is 81.7 Å². The maximum atomic E-state index is 11.7. The molecule has 1 aromatic rings. The van der Waals surface area contributed by atoms with Gasteiger partial charge in [0.1, 0.15) is 0 Å². The molecule has 116 valence electrons. The molecule has 0 fully saturated rings. The fourth-order valence-corrected chi connectivity index (χ4v) is 2.07. The summed E-state index contributed by atoms with van der Waals surface area (Å²) < 4.78 is 0. The van der Waals surface area contributed by atoms with E-state index in [4.69, 9.17) is 16.7 Å².